The van der Waals surface area contributed by atoms with Crippen LogP contribution in [0.15, 0.2) is 30.9 Å². The van der Waals surface area contributed by atoms with Gasteiger partial charge in [-0.3, -0.25) is 0 Å². The number of allylic oxidation sites excluding steroid dienone is 1. The minimum absolute atomic E-state index is 0.166. The van der Waals surface area contributed by atoms with Crippen LogP contribution in [0.25, 0.3) is 0 Å². The van der Waals surface area contributed by atoms with Crippen LogP contribution in [0.1, 0.15) is 82.3 Å². The molecule has 1 aromatic rings. The Kier molecular flexibility index (Phi) is 6.18. The Morgan fingerprint density at radius 3 is 2.61 bits per heavy atom. The van der Waals surface area contributed by atoms with E-state index < -0.39 is 17.9 Å². The van der Waals surface area contributed by atoms with Crippen molar-refractivity contribution in [2.24, 2.45) is 22.7 Å². The zero-order chi connectivity index (χ0) is 24.2. The van der Waals surface area contributed by atoms with Crippen molar-refractivity contribution in [3.63, 3.8) is 0 Å². The van der Waals surface area contributed by atoms with Crippen LogP contribution in [0.2, 0.25) is 0 Å². The summed E-state index contributed by atoms with van der Waals surface area (Å²) in [5.74, 6) is 0.883. The third-order valence-electron chi connectivity index (χ3n) is 9.65. The molecule has 33 heavy (non-hydrogen) atoms. The maximum Gasteiger partial charge on any atom is 0.414 e. The topological polar surface area (TPSA) is 60.7 Å². The highest BCUT2D eigenvalue weighted by Gasteiger charge is 2.66. The fourth-order valence-corrected chi connectivity index (χ4v) is 7.83. The summed E-state index contributed by atoms with van der Waals surface area (Å²) in [6.07, 6.45) is 0.851. The summed E-state index contributed by atoms with van der Waals surface area (Å²) in [6.45, 7) is 8.41. The van der Waals surface area contributed by atoms with Gasteiger partial charge in [-0.25, -0.2) is 0 Å². The highest BCUT2D eigenvalue weighted by molar-refractivity contribution is 5.43. The first-order chi connectivity index (χ1) is 15.4. The smallest absolute Gasteiger partial charge is 0.414 e. The summed E-state index contributed by atoms with van der Waals surface area (Å²) in [6, 6.07) is 5.59. The van der Waals surface area contributed by atoms with Crippen LogP contribution in [0.5, 0.6) is 5.75 Å². The van der Waals surface area contributed by atoms with Crippen LogP contribution in [0, 0.1) is 22.7 Å². The summed E-state index contributed by atoms with van der Waals surface area (Å²) in [5, 5.41) is 30.8. The van der Waals surface area contributed by atoms with E-state index in [4.69, 9.17) is 0 Å². The molecule has 0 radical (unpaired) electrons. The summed E-state index contributed by atoms with van der Waals surface area (Å²) in [7, 11) is 0. The standard InChI is InChI=1S/C27H37F3O3/c1-4-26-14-11-17-15-19(31)9-10-20(17)23(26)18(7-5-6-8-22(32)27(28,29)30)16-24(2)21(26)12-13-25(24,3)33/h4,9-10,15,18,21-23,31-33H,1,5-8,11-14,16H2,2-3H3/t18?,21-,22-,23-,24+,25+,26?/m1/s1. The molecule has 2 unspecified atom stereocenters. The van der Waals surface area contributed by atoms with Gasteiger partial charge in [-0.2, -0.15) is 13.2 Å². The van der Waals surface area contributed by atoms with Crippen LogP contribution >= 0.6 is 0 Å². The van der Waals surface area contributed by atoms with Crippen LogP contribution < -0.4 is 0 Å². The molecule has 4 rings (SSSR count). The van der Waals surface area contributed by atoms with E-state index in [1.165, 1.54) is 5.56 Å². The first kappa shape index (κ1) is 24.6. The maximum absolute atomic E-state index is 12.7. The number of aryl methyl sites for hydroxylation is 1. The Labute approximate surface area is 194 Å². The minimum atomic E-state index is -4.57. The van der Waals surface area contributed by atoms with Crippen LogP contribution in [-0.4, -0.2) is 33.2 Å². The zero-order valence-electron chi connectivity index (χ0n) is 19.7. The molecule has 184 valence electrons. The summed E-state index contributed by atoms with van der Waals surface area (Å²) in [5.41, 5.74) is 1.09. The monoisotopic (exact) mass is 466 g/mol. The van der Waals surface area contributed by atoms with Gasteiger partial charge in [0.25, 0.3) is 0 Å². The lowest BCUT2D eigenvalue weighted by molar-refractivity contribution is -0.205. The van der Waals surface area contributed by atoms with Gasteiger partial charge in [0.05, 0.1) is 5.60 Å². The van der Waals surface area contributed by atoms with Gasteiger partial charge < -0.3 is 15.3 Å². The van der Waals surface area contributed by atoms with E-state index in [-0.39, 0.29) is 40.8 Å². The SMILES string of the molecule is C=CC12CCc3cc(O)ccc3[C@H]1C(CCCC[C@@H](O)C(F)(F)F)C[C@@]1(C)[C@H]2CC[C@]1(C)O. The number of benzene rings is 1. The van der Waals surface area contributed by atoms with Crippen molar-refractivity contribution in [3.05, 3.63) is 42.0 Å². The Balaban J connectivity index is 1.66. The number of aromatic hydroxyl groups is 1. The summed E-state index contributed by atoms with van der Waals surface area (Å²) < 4.78 is 38.2. The second kappa shape index (κ2) is 8.30. The third-order valence-corrected chi connectivity index (χ3v) is 9.65. The molecule has 0 spiro atoms. The second-order valence-electron chi connectivity index (χ2n) is 11.3. The van der Waals surface area contributed by atoms with Crippen molar-refractivity contribution in [1.82, 2.24) is 0 Å². The number of hydrogen-bond donors (Lipinski definition) is 3. The molecule has 6 heteroatoms. The highest BCUT2D eigenvalue weighted by Crippen LogP contribution is 2.71. The van der Waals surface area contributed by atoms with E-state index in [0.717, 1.165) is 44.1 Å². The fraction of sp³-hybridized carbons (Fsp3) is 0.704. The number of halogens is 3. The molecule has 0 bridgehead atoms. The lowest BCUT2D eigenvalue weighted by atomic mass is 9.43. The normalized spacial score (nSPS) is 38.8. The highest BCUT2D eigenvalue weighted by atomic mass is 19.4. The van der Waals surface area contributed by atoms with Crippen molar-refractivity contribution in [2.75, 3.05) is 0 Å². The van der Waals surface area contributed by atoms with Crippen molar-refractivity contribution in [1.29, 1.82) is 0 Å². The molecule has 0 amide bonds. The maximum atomic E-state index is 12.7. The number of rotatable bonds is 6. The molecule has 1 aromatic carbocycles. The fourth-order valence-electron chi connectivity index (χ4n) is 7.83. The molecule has 0 heterocycles. The Hall–Kier alpha value is -1.53. The quantitative estimate of drug-likeness (QED) is 0.342. The van der Waals surface area contributed by atoms with E-state index >= 15 is 0 Å². The van der Waals surface area contributed by atoms with E-state index in [9.17, 15) is 28.5 Å². The second-order valence-corrected chi connectivity index (χ2v) is 11.3. The van der Waals surface area contributed by atoms with Crippen LogP contribution in [-0.2, 0) is 6.42 Å². The molecule has 2 fully saturated rings. The van der Waals surface area contributed by atoms with Crippen molar-refractivity contribution < 1.29 is 28.5 Å². The van der Waals surface area contributed by atoms with Crippen LogP contribution in [0.4, 0.5) is 13.2 Å². The van der Waals surface area contributed by atoms with Gasteiger partial charge in [-0.15, -0.1) is 6.58 Å². The molecule has 3 N–H and O–H groups in total. The molecule has 3 nitrogen and oxygen atoms in total. The lowest BCUT2D eigenvalue weighted by Gasteiger charge is -2.61. The number of hydrogen-bond acceptors (Lipinski definition) is 3. The van der Waals surface area contributed by atoms with Crippen LogP contribution in [0.3, 0.4) is 0 Å². The van der Waals surface area contributed by atoms with Crippen molar-refractivity contribution >= 4 is 0 Å². The van der Waals surface area contributed by atoms with E-state index in [1.54, 1.807) is 6.07 Å². The molecule has 0 aromatic heterocycles. The van der Waals surface area contributed by atoms with Gasteiger partial charge in [0.1, 0.15) is 11.9 Å². The Morgan fingerprint density at radius 2 is 1.94 bits per heavy atom. The third kappa shape index (κ3) is 3.91. The molecule has 3 aliphatic carbocycles. The predicted molar refractivity (Wildman–Crippen MR) is 122 cm³/mol. The molecule has 0 saturated heterocycles. The average Bonchev–Trinajstić information content (AvgIpc) is 2.98. The van der Waals surface area contributed by atoms with Gasteiger partial charge >= 0.3 is 6.18 Å². The van der Waals surface area contributed by atoms with Gasteiger partial charge in [0.15, 0.2) is 0 Å². The molecular formula is C27H37F3O3. The molecule has 2 saturated carbocycles. The summed E-state index contributed by atoms with van der Waals surface area (Å²) in [4.78, 5) is 0. The zero-order valence-corrected chi connectivity index (χ0v) is 19.7. The molecule has 0 aliphatic heterocycles. The van der Waals surface area contributed by atoms with Gasteiger partial charge in [0.2, 0.25) is 0 Å². The van der Waals surface area contributed by atoms with Gasteiger partial charge in [-0.1, -0.05) is 31.9 Å². The number of phenolic OH excluding ortho intramolecular Hbond substituents is 1. The number of aliphatic hydroxyl groups excluding tert-OH is 1. The number of aliphatic hydroxyl groups is 2. The van der Waals surface area contributed by atoms with E-state index in [0.29, 0.717) is 12.8 Å². The molecule has 7 atom stereocenters. The number of phenols is 1. The largest absolute Gasteiger partial charge is 0.508 e. The molecular weight excluding hydrogens is 429 g/mol. The number of unbranched alkanes of at least 4 members (excludes halogenated alkanes) is 1. The summed E-state index contributed by atoms with van der Waals surface area (Å²) >= 11 is 0. The Morgan fingerprint density at radius 1 is 1.21 bits per heavy atom. The number of alkyl halides is 3. The van der Waals surface area contributed by atoms with E-state index in [1.807, 2.05) is 19.1 Å². The number of fused-ring (bicyclic) bond motifs is 5. The predicted octanol–water partition coefficient (Wildman–Crippen LogP) is 6.27. The minimum Gasteiger partial charge on any atom is -0.508 e. The van der Waals surface area contributed by atoms with Crippen molar-refractivity contribution in [2.45, 2.75) is 95.4 Å². The first-order valence-electron chi connectivity index (χ1n) is 12.3. The lowest BCUT2D eigenvalue weighted by Crippen LogP contribution is -2.56. The van der Waals surface area contributed by atoms with Gasteiger partial charge in [-0.05, 0) is 104 Å². The van der Waals surface area contributed by atoms with Crippen molar-refractivity contribution in [3.8, 4) is 5.75 Å². The average molecular weight is 467 g/mol. The molecule has 3 aliphatic rings. The first-order valence-corrected chi connectivity index (χ1v) is 12.3. The van der Waals surface area contributed by atoms with E-state index in [2.05, 4.69) is 19.6 Å². The van der Waals surface area contributed by atoms with Gasteiger partial charge in [0, 0.05) is 0 Å². The Bertz CT molecular complexity index is 895.